The average Bonchev–Trinajstić information content (AvgIpc) is 3.21. The number of carbonyl (C=O) groups is 3. The third-order valence-corrected chi connectivity index (χ3v) is 13.0. The number of carbonyl (C=O) groups excluding carboxylic acids is 2. The molecule has 0 aliphatic heterocycles. The number of fused-ring (bicyclic) bond motifs is 5. The lowest BCUT2D eigenvalue weighted by molar-refractivity contribution is -0.252. The first-order valence-corrected chi connectivity index (χ1v) is 16.3. The molecule has 3 N–H and O–H groups in total. The normalized spacial score (nSPS) is 41.8. The number of hydrogen-bond donors (Lipinski definition) is 3. The van der Waals surface area contributed by atoms with Gasteiger partial charge in [0.2, 0.25) is 0 Å². The van der Waals surface area contributed by atoms with Gasteiger partial charge in [0.05, 0.1) is 11.2 Å². The molecule has 43 heavy (non-hydrogen) atoms. The van der Waals surface area contributed by atoms with Crippen LogP contribution < -0.4 is 0 Å². The highest BCUT2D eigenvalue weighted by molar-refractivity contribution is 5.90. The maximum Gasteiger partial charge on any atom is 0.317 e. The number of ether oxygens (including phenoxy) is 2. The average molecular weight is 605 g/mol. The Morgan fingerprint density at radius 3 is 2.09 bits per heavy atom. The molecule has 0 bridgehead atoms. The van der Waals surface area contributed by atoms with Gasteiger partial charge in [-0.3, -0.25) is 14.4 Å². The van der Waals surface area contributed by atoms with Crippen molar-refractivity contribution in [2.24, 2.45) is 45.3 Å². The monoisotopic (exact) mass is 604 g/mol. The smallest absolute Gasteiger partial charge is 0.317 e. The molecular formula is C35H56O8. The lowest BCUT2D eigenvalue weighted by Gasteiger charge is -2.70. The number of hydrogen-bond acceptors (Lipinski definition) is 7. The van der Waals surface area contributed by atoms with E-state index in [1.165, 1.54) is 6.92 Å². The van der Waals surface area contributed by atoms with Crippen molar-refractivity contribution >= 4 is 17.9 Å². The molecular weight excluding hydrogens is 548 g/mol. The lowest BCUT2D eigenvalue weighted by Crippen LogP contribution is -2.67. The second kappa shape index (κ2) is 11.1. The third kappa shape index (κ3) is 5.92. The fourth-order valence-corrected chi connectivity index (χ4v) is 11.0. The predicted molar refractivity (Wildman–Crippen MR) is 163 cm³/mol. The molecule has 0 heterocycles. The number of aliphatic carboxylic acids is 1. The van der Waals surface area contributed by atoms with Gasteiger partial charge in [0.15, 0.2) is 0 Å². The maximum atomic E-state index is 12.6. The van der Waals surface area contributed by atoms with E-state index >= 15 is 0 Å². The minimum absolute atomic E-state index is 0.00431. The molecule has 244 valence electrons. The minimum atomic E-state index is -1.18. The Morgan fingerprint density at radius 1 is 0.884 bits per heavy atom. The largest absolute Gasteiger partial charge is 0.481 e. The summed E-state index contributed by atoms with van der Waals surface area (Å²) in [5.74, 6) is -1.70. The molecule has 4 fully saturated rings. The Balaban J connectivity index is 1.68. The summed E-state index contributed by atoms with van der Waals surface area (Å²) in [5.41, 5.74) is -2.61. The zero-order chi connectivity index (χ0) is 32.4. The summed E-state index contributed by atoms with van der Waals surface area (Å²) < 4.78 is 12.0. The van der Waals surface area contributed by atoms with Crippen LogP contribution in [-0.4, -0.2) is 56.6 Å². The Labute approximate surface area is 258 Å². The Morgan fingerprint density at radius 2 is 1.51 bits per heavy atom. The van der Waals surface area contributed by atoms with Gasteiger partial charge >= 0.3 is 17.9 Å². The van der Waals surface area contributed by atoms with Crippen LogP contribution in [0.2, 0.25) is 0 Å². The molecule has 0 unspecified atom stereocenters. The molecule has 4 aliphatic carbocycles. The van der Waals surface area contributed by atoms with Gasteiger partial charge in [-0.05, 0) is 106 Å². The Kier molecular flexibility index (Phi) is 8.80. The van der Waals surface area contributed by atoms with Crippen LogP contribution >= 0.6 is 0 Å². The van der Waals surface area contributed by atoms with E-state index in [-0.39, 0.29) is 63.5 Å². The first-order valence-electron chi connectivity index (χ1n) is 16.3. The first-order chi connectivity index (χ1) is 19.6. The lowest BCUT2D eigenvalue weighted by atomic mass is 9.35. The van der Waals surface area contributed by atoms with Crippen molar-refractivity contribution in [1.29, 1.82) is 0 Å². The van der Waals surface area contributed by atoms with Gasteiger partial charge in [-0.25, -0.2) is 0 Å². The number of carboxylic acids is 1. The summed E-state index contributed by atoms with van der Waals surface area (Å²) in [4.78, 5) is 36.1. The van der Waals surface area contributed by atoms with Gasteiger partial charge in [0.1, 0.15) is 18.6 Å². The predicted octanol–water partition coefficient (Wildman–Crippen LogP) is 6.07. The standard InChI is InChI=1S/C35H56O8/c1-21(36)42-23-19-25-32(6)16-13-26(43-28(39)20-27(37)38)31(4,5)24(32)12-18-33(25,7)34(8)17-11-22(29(23)34)35(9,41)15-10-14-30(2,3)40/h10,14,22-26,29,40-41H,11-13,15-20H2,1-9H3,(H,37,38)/b14-10+/t22-,23+,24-,25+,26+,29-,32-,33+,34+,35-/m0/s1. The molecule has 0 amide bonds. The summed E-state index contributed by atoms with van der Waals surface area (Å²) in [6.07, 6.45) is 8.73. The molecule has 0 aromatic rings. The zero-order valence-corrected chi connectivity index (χ0v) is 27.9. The SMILES string of the molecule is CC(=O)O[C@@H]1C[C@@H]2[C@@]3(C)CC[C@@H](OC(=O)CC(=O)O)C(C)(C)[C@@H]3CC[C@@]2(C)[C@]2(C)CC[C@H]([C@@](C)(O)C/C=C/C(C)(C)O)[C@@H]12. The summed E-state index contributed by atoms with van der Waals surface area (Å²) in [5, 5.41) is 31.2. The molecule has 0 radical (unpaired) electrons. The van der Waals surface area contributed by atoms with Crippen molar-refractivity contribution in [2.75, 3.05) is 0 Å². The molecule has 0 aromatic carbocycles. The Bertz CT molecular complexity index is 1130. The molecule has 8 heteroatoms. The van der Waals surface area contributed by atoms with Crippen LogP contribution in [0.1, 0.15) is 120 Å². The molecule has 8 nitrogen and oxygen atoms in total. The highest BCUT2D eigenvalue weighted by Crippen LogP contribution is 2.76. The van der Waals surface area contributed by atoms with Gasteiger partial charge in [-0.1, -0.05) is 46.8 Å². The van der Waals surface area contributed by atoms with Gasteiger partial charge in [0.25, 0.3) is 0 Å². The fraction of sp³-hybridized carbons (Fsp3) is 0.857. The van der Waals surface area contributed by atoms with E-state index in [0.717, 1.165) is 38.5 Å². The molecule has 4 aliphatic rings. The van der Waals surface area contributed by atoms with E-state index in [2.05, 4.69) is 34.6 Å². The molecule has 0 spiro atoms. The van der Waals surface area contributed by atoms with Crippen molar-refractivity contribution in [3.05, 3.63) is 12.2 Å². The summed E-state index contributed by atoms with van der Waals surface area (Å²) in [6, 6.07) is 0. The van der Waals surface area contributed by atoms with Gasteiger partial charge < -0.3 is 24.8 Å². The van der Waals surface area contributed by atoms with Crippen LogP contribution in [0.4, 0.5) is 0 Å². The highest BCUT2D eigenvalue weighted by Gasteiger charge is 2.72. The highest BCUT2D eigenvalue weighted by atomic mass is 16.5. The van der Waals surface area contributed by atoms with Crippen molar-refractivity contribution in [3.63, 3.8) is 0 Å². The van der Waals surface area contributed by atoms with Crippen LogP contribution in [0, 0.1) is 45.3 Å². The van der Waals surface area contributed by atoms with E-state index in [9.17, 15) is 24.6 Å². The molecule has 0 aromatic heterocycles. The summed E-state index contributed by atoms with van der Waals surface area (Å²) in [7, 11) is 0. The van der Waals surface area contributed by atoms with Crippen molar-refractivity contribution in [2.45, 2.75) is 144 Å². The van der Waals surface area contributed by atoms with Crippen LogP contribution in [0.5, 0.6) is 0 Å². The quantitative estimate of drug-likeness (QED) is 0.173. The molecule has 0 saturated heterocycles. The fourth-order valence-electron chi connectivity index (χ4n) is 11.0. The van der Waals surface area contributed by atoms with Gasteiger partial charge in [-0.2, -0.15) is 0 Å². The van der Waals surface area contributed by atoms with Crippen molar-refractivity contribution in [3.8, 4) is 0 Å². The minimum Gasteiger partial charge on any atom is -0.481 e. The van der Waals surface area contributed by atoms with E-state index in [1.807, 2.05) is 13.0 Å². The summed E-state index contributed by atoms with van der Waals surface area (Å²) in [6.45, 7) is 18.3. The van der Waals surface area contributed by atoms with Crippen molar-refractivity contribution in [1.82, 2.24) is 0 Å². The number of aliphatic hydroxyl groups is 2. The topological polar surface area (TPSA) is 130 Å². The zero-order valence-electron chi connectivity index (χ0n) is 27.9. The first kappa shape index (κ1) is 34.0. The van der Waals surface area contributed by atoms with Crippen LogP contribution in [0.3, 0.4) is 0 Å². The van der Waals surface area contributed by atoms with Crippen molar-refractivity contribution < 1.29 is 39.2 Å². The van der Waals surface area contributed by atoms with E-state index in [0.29, 0.717) is 12.8 Å². The van der Waals surface area contributed by atoms with E-state index in [4.69, 9.17) is 14.6 Å². The molecule has 10 atom stereocenters. The van der Waals surface area contributed by atoms with Crippen LogP contribution in [0.15, 0.2) is 12.2 Å². The van der Waals surface area contributed by atoms with Gasteiger partial charge in [0, 0.05) is 18.3 Å². The van der Waals surface area contributed by atoms with E-state index in [1.54, 1.807) is 19.9 Å². The van der Waals surface area contributed by atoms with Crippen LogP contribution in [-0.2, 0) is 23.9 Å². The molecule has 4 saturated carbocycles. The maximum absolute atomic E-state index is 12.6. The molecule has 4 rings (SSSR count). The van der Waals surface area contributed by atoms with E-state index < -0.39 is 29.6 Å². The second-order valence-corrected chi connectivity index (χ2v) is 16.6. The third-order valence-electron chi connectivity index (χ3n) is 13.0. The number of rotatable bonds is 8. The second-order valence-electron chi connectivity index (χ2n) is 16.6. The number of carboxylic acid groups (broad SMARTS) is 1. The Hall–Kier alpha value is -1.93. The van der Waals surface area contributed by atoms with Gasteiger partial charge in [-0.15, -0.1) is 0 Å². The van der Waals surface area contributed by atoms with Crippen LogP contribution in [0.25, 0.3) is 0 Å². The number of esters is 2. The summed E-state index contributed by atoms with van der Waals surface area (Å²) >= 11 is 0.